The molecule has 0 bridgehead atoms. The molecule has 0 aliphatic rings. The monoisotopic (exact) mass is 379 g/mol. The van der Waals surface area contributed by atoms with E-state index in [1.165, 1.54) is 4.68 Å². The molecule has 0 amide bonds. The Hall–Kier alpha value is -3.15. The van der Waals surface area contributed by atoms with Gasteiger partial charge >= 0.3 is 6.01 Å². The highest BCUT2D eigenvalue weighted by atomic mass is 16.5. The normalized spacial score (nSPS) is 10.6. The first-order valence-electron chi connectivity index (χ1n) is 9.65. The fraction of sp³-hybridized carbons (Fsp3) is 0.318. The van der Waals surface area contributed by atoms with E-state index in [-0.39, 0.29) is 11.9 Å². The second-order valence-corrected chi connectivity index (χ2v) is 6.38. The third kappa shape index (κ3) is 4.76. The Morgan fingerprint density at radius 3 is 2.36 bits per heavy atom. The van der Waals surface area contributed by atoms with Gasteiger partial charge in [0.1, 0.15) is 5.75 Å². The lowest BCUT2D eigenvalue weighted by molar-refractivity contribution is 0.0944. The van der Waals surface area contributed by atoms with Crippen LogP contribution < -0.4 is 9.47 Å². The molecule has 3 rings (SSSR count). The molecule has 0 spiro atoms. The first-order chi connectivity index (χ1) is 13.7. The van der Waals surface area contributed by atoms with Crippen molar-refractivity contribution in [2.45, 2.75) is 33.1 Å². The van der Waals surface area contributed by atoms with Crippen LogP contribution in [-0.2, 0) is 0 Å². The Labute approximate surface area is 165 Å². The molecular weight excluding hydrogens is 354 g/mol. The number of nitrogens with zero attached hydrogens (tertiary/aromatic N) is 3. The van der Waals surface area contributed by atoms with Gasteiger partial charge in [0, 0.05) is 11.1 Å². The average Bonchev–Trinajstić information content (AvgIpc) is 3.17. The summed E-state index contributed by atoms with van der Waals surface area (Å²) in [4.78, 5) is 17.5. The fourth-order valence-corrected chi connectivity index (χ4v) is 2.61. The van der Waals surface area contributed by atoms with Crippen LogP contribution in [0.2, 0.25) is 0 Å². The van der Waals surface area contributed by atoms with E-state index >= 15 is 0 Å². The molecule has 6 heteroatoms. The van der Waals surface area contributed by atoms with Gasteiger partial charge < -0.3 is 9.47 Å². The van der Waals surface area contributed by atoms with Crippen LogP contribution in [0.15, 0.2) is 54.6 Å². The molecule has 146 valence electrons. The summed E-state index contributed by atoms with van der Waals surface area (Å²) in [6.45, 7) is 5.29. The fourth-order valence-electron chi connectivity index (χ4n) is 2.61. The zero-order chi connectivity index (χ0) is 19.8. The van der Waals surface area contributed by atoms with Crippen molar-refractivity contribution in [1.29, 1.82) is 0 Å². The van der Waals surface area contributed by atoms with E-state index in [1.54, 1.807) is 24.3 Å². The molecule has 0 aliphatic heterocycles. The van der Waals surface area contributed by atoms with Gasteiger partial charge in [-0.1, -0.05) is 50.6 Å². The largest absolute Gasteiger partial charge is 0.494 e. The highest BCUT2D eigenvalue weighted by molar-refractivity contribution is 5.97. The van der Waals surface area contributed by atoms with Crippen LogP contribution in [0.3, 0.4) is 0 Å². The summed E-state index contributed by atoms with van der Waals surface area (Å²) < 4.78 is 12.5. The summed E-state index contributed by atoms with van der Waals surface area (Å²) in [5, 5.41) is 4.29. The first-order valence-corrected chi connectivity index (χ1v) is 9.65. The summed E-state index contributed by atoms with van der Waals surface area (Å²) >= 11 is 0. The Morgan fingerprint density at radius 2 is 1.68 bits per heavy atom. The van der Waals surface area contributed by atoms with E-state index in [1.807, 2.05) is 37.3 Å². The van der Waals surface area contributed by atoms with Crippen LogP contribution >= 0.6 is 0 Å². The highest BCUT2D eigenvalue weighted by Gasteiger charge is 2.20. The number of benzene rings is 2. The van der Waals surface area contributed by atoms with Crippen LogP contribution in [0.1, 0.15) is 43.5 Å². The zero-order valence-corrected chi connectivity index (χ0v) is 16.3. The maximum absolute atomic E-state index is 13.1. The minimum Gasteiger partial charge on any atom is -0.494 e. The molecule has 1 aromatic heterocycles. The quantitative estimate of drug-likeness (QED) is 0.508. The smallest absolute Gasteiger partial charge is 0.336 e. The highest BCUT2D eigenvalue weighted by Crippen LogP contribution is 2.22. The van der Waals surface area contributed by atoms with E-state index in [0.717, 1.165) is 30.6 Å². The van der Waals surface area contributed by atoms with E-state index in [0.29, 0.717) is 24.6 Å². The van der Waals surface area contributed by atoms with Gasteiger partial charge in [-0.2, -0.15) is 9.67 Å². The van der Waals surface area contributed by atoms with Gasteiger partial charge in [0.15, 0.2) is 5.82 Å². The van der Waals surface area contributed by atoms with Crippen LogP contribution in [0.5, 0.6) is 11.8 Å². The average molecular weight is 379 g/mol. The number of hydrogen-bond donors (Lipinski definition) is 0. The summed E-state index contributed by atoms with van der Waals surface area (Å²) in [6.07, 6.45) is 2.91. The lowest BCUT2D eigenvalue weighted by atomic mass is 10.2. The third-order valence-corrected chi connectivity index (χ3v) is 4.12. The molecule has 0 saturated carbocycles. The Bertz CT molecular complexity index is 889. The van der Waals surface area contributed by atoms with Gasteiger partial charge in [0.05, 0.1) is 13.2 Å². The van der Waals surface area contributed by atoms with Crippen LogP contribution in [-0.4, -0.2) is 33.9 Å². The molecule has 0 aliphatic carbocycles. The van der Waals surface area contributed by atoms with Gasteiger partial charge in [-0.15, -0.1) is 5.10 Å². The zero-order valence-electron chi connectivity index (χ0n) is 16.3. The van der Waals surface area contributed by atoms with Crippen LogP contribution in [0.25, 0.3) is 11.4 Å². The summed E-state index contributed by atoms with van der Waals surface area (Å²) in [5.74, 6) is 0.941. The van der Waals surface area contributed by atoms with E-state index < -0.39 is 0 Å². The lowest BCUT2D eigenvalue weighted by Crippen LogP contribution is -2.15. The minimum absolute atomic E-state index is 0.202. The van der Waals surface area contributed by atoms with Gasteiger partial charge in [0.25, 0.3) is 5.91 Å². The predicted octanol–water partition coefficient (Wildman–Crippen LogP) is 4.60. The molecule has 0 saturated heterocycles. The van der Waals surface area contributed by atoms with Gasteiger partial charge in [-0.3, -0.25) is 4.79 Å². The number of hydrogen-bond acceptors (Lipinski definition) is 5. The molecule has 0 atom stereocenters. The van der Waals surface area contributed by atoms with E-state index in [9.17, 15) is 4.79 Å². The summed E-state index contributed by atoms with van der Waals surface area (Å²) in [7, 11) is 0. The number of ether oxygens (including phenoxy) is 2. The number of rotatable bonds is 9. The molecule has 28 heavy (non-hydrogen) atoms. The molecule has 2 aromatic carbocycles. The molecule has 3 aromatic rings. The van der Waals surface area contributed by atoms with Crippen molar-refractivity contribution in [1.82, 2.24) is 14.8 Å². The maximum Gasteiger partial charge on any atom is 0.336 e. The second-order valence-electron chi connectivity index (χ2n) is 6.38. The van der Waals surface area contributed by atoms with Gasteiger partial charge in [0.2, 0.25) is 0 Å². The Morgan fingerprint density at radius 1 is 0.929 bits per heavy atom. The molecule has 0 unspecified atom stereocenters. The van der Waals surface area contributed by atoms with Crippen molar-refractivity contribution in [3.8, 4) is 23.1 Å². The molecule has 1 heterocycles. The number of carbonyl (C=O) groups is 1. The SMILES string of the molecule is CCCCOc1ccc(C(=O)n2nc(OCCC)nc2-c2ccccc2)cc1. The maximum atomic E-state index is 13.1. The van der Waals surface area contributed by atoms with Crippen LogP contribution in [0.4, 0.5) is 0 Å². The van der Waals surface area contributed by atoms with Gasteiger partial charge in [-0.05, 0) is 37.1 Å². The second kappa shape index (κ2) is 9.69. The number of unbranched alkanes of at least 4 members (excludes halogenated alkanes) is 1. The van der Waals surface area contributed by atoms with Crippen molar-refractivity contribution in [2.24, 2.45) is 0 Å². The molecule has 0 fully saturated rings. The molecular formula is C22H25N3O3. The topological polar surface area (TPSA) is 66.2 Å². The third-order valence-electron chi connectivity index (χ3n) is 4.12. The van der Waals surface area contributed by atoms with E-state index in [4.69, 9.17) is 9.47 Å². The number of aromatic nitrogens is 3. The minimum atomic E-state index is -0.266. The van der Waals surface area contributed by atoms with Crippen molar-refractivity contribution in [3.05, 3.63) is 60.2 Å². The van der Waals surface area contributed by atoms with Crippen molar-refractivity contribution in [2.75, 3.05) is 13.2 Å². The predicted molar refractivity (Wildman–Crippen MR) is 108 cm³/mol. The Balaban J connectivity index is 1.86. The first kappa shape index (κ1) is 19.6. The molecule has 0 N–H and O–H groups in total. The standard InChI is InChI=1S/C22H25N3O3/c1-3-5-16-27-19-13-11-18(12-14-19)21(26)25-20(17-9-7-6-8-10-17)23-22(24-25)28-15-4-2/h6-14H,3-5,15-16H2,1-2H3. The van der Waals surface area contributed by atoms with Crippen molar-refractivity contribution in [3.63, 3.8) is 0 Å². The Kier molecular flexibility index (Phi) is 6.78. The summed E-state index contributed by atoms with van der Waals surface area (Å²) in [6, 6.07) is 16.8. The van der Waals surface area contributed by atoms with Crippen molar-refractivity contribution >= 4 is 5.91 Å². The van der Waals surface area contributed by atoms with Gasteiger partial charge in [-0.25, -0.2) is 0 Å². The molecule has 0 radical (unpaired) electrons. The summed E-state index contributed by atoms with van der Waals surface area (Å²) in [5.41, 5.74) is 1.31. The molecule has 6 nitrogen and oxygen atoms in total. The van der Waals surface area contributed by atoms with Crippen LogP contribution in [0, 0.1) is 0 Å². The van der Waals surface area contributed by atoms with Crippen molar-refractivity contribution < 1.29 is 14.3 Å². The number of carbonyl (C=O) groups excluding carboxylic acids is 1. The van der Waals surface area contributed by atoms with E-state index in [2.05, 4.69) is 17.0 Å². The lowest BCUT2D eigenvalue weighted by Gasteiger charge is -2.07.